The number of aliphatic carboxylic acids is 2. The largest absolute Gasteiger partial charge is 0.481 e. The summed E-state index contributed by atoms with van der Waals surface area (Å²) >= 11 is 0. The van der Waals surface area contributed by atoms with Crippen molar-refractivity contribution in [2.24, 2.45) is 11.7 Å². The van der Waals surface area contributed by atoms with E-state index in [0.717, 1.165) is 0 Å². The van der Waals surface area contributed by atoms with Gasteiger partial charge in [0.25, 0.3) is 0 Å². The summed E-state index contributed by atoms with van der Waals surface area (Å²) in [6.45, 7) is 0.388. The molecule has 0 radical (unpaired) electrons. The SMILES string of the molecule is NC(=O)C1CCN(C(=O)N[C@@H](CC(=O)O)C(=O)O)C1. The van der Waals surface area contributed by atoms with Gasteiger partial charge in [-0.3, -0.25) is 9.59 Å². The second-order valence-electron chi connectivity index (χ2n) is 4.27. The third-order valence-corrected chi connectivity index (χ3v) is 2.85. The van der Waals surface area contributed by atoms with Gasteiger partial charge in [-0.2, -0.15) is 0 Å². The van der Waals surface area contributed by atoms with Crippen molar-refractivity contribution in [2.45, 2.75) is 18.9 Å². The van der Waals surface area contributed by atoms with Gasteiger partial charge in [0.1, 0.15) is 6.04 Å². The zero-order valence-electron chi connectivity index (χ0n) is 10.0. The van der Waals surface area contributed by atoms with Crippen LogP contribution in [-0.4, -0.2) is 58.1 Å². The van der Waals surface area contributed by atoms with Gasteiger partial charge < -0.3 is 26.2 Å². The maximum Gasteiger partial charge on any atom is 0.326 e. The lowest BCUT2D eigenvalue weighted by molar-refractivity contribution is -0.145. The highest BCUT2D eigenvalue weighted by molar-refractivity contribution is 5.86. The van der Waals surface area contributed by atoms with Crippen LogP contribution in [0.25, 0.3) is 0 Å². The summed E-state index contributed by atoms with van der Waals surface area (Å²) in [5.41, 5.74) is 5.11. The number of carbonyl (C=O) groups is 4. The third-order valence-electron chi connectivity index (χ3n) is 2.85. The first-order chi connectivity index (χ1) is 8.81. The van der Waals surface area contributed by atoms with Gasteiger partial charge >= 0.3 is 18.0 Å². The molecule has 0 aliphatic carbocycles. The van der Waals surface area contributed by atoms with Crippen LogP contribution in [0.2, 0.25) is 0 Å². The van der Waals surface area contributed by atoms with Crippen molar-refractivity contribution in [3.8, 4) is 0 Å². The molecule has 1 aliphatic heterocycles. The van der Waals surface area contributed by atoms with Crippen molar-refractivity contribution in [3.63, 3.8) is 0 Å². The van der Waals surface area contributed by atoms with Gasteiger partial charge in [-0.1, -0.05) is 0 Å². The van der Waals surface area contributed by atoms with Crippen LogP contribution in [0.1, 0.15) is 12.8 Å². The standard InChI is InChI=1S/C10H15N3O6/c11-8(16)5-1-2-13(4-5)10(19)12-6(9(17)18)3-7(14)15/h5-6H,1-4H2,(H2,11,16)(H,12,19)(H,14,15)(H,17,18)/t5?,6-/m0/s1. The zero-order chi connectivity index (χ0) is 14.6. The average Bonchev–Trinajstić information content (AvgIpc) is 2.76. The molecule has 1 saturated heterocycles. The summed E-state index contributed by atoms with van der Waals surface area (Å²) in [5.74, 6) is -3.73. The smallest absolute Gasteiger partial charge is 0.326 e. The molecule has 3 amide bonds. The Morgan fingerprint density at radius 2 is 1.95 bits per heavy atom. The summed E-state index contributed by atoms with van der Waals surface area (Å²) in [7, 11) is 0. The second-order valence-corrected chi connectivity index (χ2v) is 4.27. The van der Waals surface area contributed by atoms with E-state index in [2.05, 4.69) is 5.32 Å². The van der Waals surface area contributed by atoms with Crippen molar-refractivity contribution < 1.29 is 29.4 Å². The van der Waals surface area contributed by atoms with E-state index in [1.54, 1.807) is 0 Å². The number of carbonyl (C=O) groups excluding carboxylic acids is 2. The van der Waals surface area contributed by atoms with Gasteiger partial charge in [0.05, 0.1) is 12.3 Å². The molecule has 1 unspecified atom stereocenters. The van der Waals surface area contributed by atoms with Crippen molar-refractivity contribution in [2.75, 3.05) is 13.1 Å². The van der Waals surface area contributed by atoms with Crippen molar-refractivity contribution >= 4 is 23.9 Å². The van der Waals surface area contributed by atoms with Crippen LogP contribution >= 0.6 is 0 Å². The maximum absolute atomic E-state index is 11.7. The Morgan fingerprint density at radius 3 is 2.37 bits per heavy atom. The number of nitrogens with two attached hydrogens (primary N) is 1. The highest BCUT2D eigenvalue weighted by Crippen LogP contribution is 2.15. The number of hydrogen-bond donors (Lipinski definition) is 4. The summed E-state index contributed by atoms with van der Waals surface area (Å²) in [6.07, 6.45) is -0.298. The zero-order valence-corrected chi connectivity index (χ0v) is 10.0. The normalized spacial score (nSPS) is 19.8. The van der Waals surface area contributed by atoms with E-state index < -0.39 is 42.3 Å². The van der Waals surface area contributed by atoms with Gasteiger partial charge in [-0.15, -0.1) is 0 Å². The molecule has 9 nitrogen and oxygen atoms in total. The Morgan fingerprint density at radius 1 is 1.32 bits per heavy atom. The average molecular weight is 273 g/mol. The molecule has 9 heteroatoms. The Kier molecular flexibility index (Phi) is 4.67. The van der Waals surface area contributed by atoms with Crippen LogP contribution in [-0.2, 0) is 14.4 Å². The first-order valence-electron chi connectivity index (χ1n) is 5.60. The molecule has 106 valence electrons. The Hall–Kier alpha value is -2.32. The number of nitrogens with one attached hydrogen (secondary N) is 1. The fourth-order valence-corrected chi connectivity index (χ4v) is 1.79. The molecule has 0 spiro atoms. The fourth-order valence-electron chi connectivity index (χ4n) is 1.79. The van der Waals surface area contributed by atoms with E-state index >= 15 is 0 Å². The molecule has 1 fully saturated rings. The molecule has 2 atom stereocenters. The van der Waals surface area contributed by atoms with Crippen LogP contribution in [0.15, 0.2) is 0 Å². The monoisotopic (exact) mass is 273 g/mol. The summed E-state index contributed by atoms with van der Waals surface area (Å²) in [6, 6.07) is -2.21. The molecular formula is C10H15N3O6. The van der Waals surface area contributed by atoms with E-state index in [0.29, 0.717) is 6.42 Å². The molecule has 0 aromatic carbocycles. The van der Waals surface area contributed by atoms with Gasteiger partial charge in [0.15, 0.2) is 0 Å². The highest BCUT2D eigenvalue weighted by atomic mass is 16.4. The van der Waals surface area contributed by atoms with E-state index in [-0.39, 0.29) is 13.1 Å². The van der Waals surface area contributed by atoms with Crippen LogP contribution in [0.4, 0.5) is 4.79 Å². The minimum absolute atomic E-state index is 0.112. The Bertz CT molecular complexity index is 410. The number of amides is 3. The molecule has 1 aliphatic rings. The Labute approximate surface area is 108 Å². The lowest BCUT2D eigenvalue weighted by Crippen LogP contribution is -2.48. The predicted molar refractivity (Wildman–Crippen MR) is 61.1 cm³/mol. The summed E-state index contributed by atoms with van der Waals surface area (Å²) in [5, 5.41) is 19.4. The van der Waals surface area contributed by atoms with Crippen molar-refractivity contribution in [1.82, 2.24) is 10.2 Å². The molecule has 0 aromatic rings. The maximum atomic E-state index is 11.7. The minimum atomic E-state index is -1.50. The molecular weight excluding hydrogens is 258 g/mol. The number of likely N-dealkylation sites (tertiary alicyclic amines) is 1. The lowest BCUT2D eigenvalue weighted by Gasteiger charge is -2.19. The molecule has 19 heavy (non-hydrogen) atoms. The van der Waals surface area contributed by atoms with Crippen molar-refractivity contribution in [3.05, 3.63) is 0 Å². The minimum Gasteiger partial charge on any atom is -0.481 e. The number of hydrogen-bond acceptors (Lipinski definition) is 4. The first-order valence-corrected chi connectivity index (χ1v) is 5.60. The number of primary amides is 1. The third kappa shape index (κ3) is 4.12. The first kappa shape index (κ1) is 14.7. The van der Waals surface area contributed by atoms with E-state index in [1.807, 2.05) is 0 Å². The van der Waals surface area contributed by atoms with Gasteiger partial charge in [0, 0.05) is 13.1 Å². The highest BCUT2D eigenvalue weighted by Gasteiger charge is 2.32. The van der Waals surface area contributed by atoms with Crippen LogP contribution in [0.5, 0.6) is 0 Å². The topological polar surface area (TPSA) is 150 Å². The molecule has 0 bridgehead atoms. The van der Waals surface area contributed by atoms with E-state index in [1.165, 1.54) is 4.90 Å². The second kappa shape index (κ2) is 6.03. The Balaban J connectivity index is 2.56. The van der Waals surface area contributed by atoms with E-state index in [9.17, 15) is 19.2 Å². The van der Waals surface area contributed by atoms with Crippen molar-refractivity contribution in [1.29, 1.82) is 0 Å². The molecule has 1 heterocycles. The quantitative estimate of drug-likeness (QED) is 0.475. The predicted octanol–water partition coefficient (Wildman–Crippen LogP) is -1.57. The summed E-state index contributed by atoms with van der Waals surface area (Å²) in [4.78, 5) is 45.2. The molecule has 1 rings (SSSR count). The molecule has 0 saturated carbocycles. The molecule has 5 N–H and O–H groups in total. The van der Waals surface area contributed by atoms with Crippen LogP contribution in [0, 0.1) is 5.92 Å². The molecule has 0 aromatic heterocycles. The van der Waals surface area contributed by atoms with Gasteiger partial charge in [-0.05, 0) is 6.42 Å². The van der Waals surface area contributed by atoms with E-state index in [4.69, 9.17) is 15.9 Å². The lowest BCUT2D eigenvalue weighted by atomic mass is 10.1. The van der Waals surface area contributed by atoms with Crippen LogP contribution < -0.4 is 11.1 Å². The number of carboxylic acids is 2. The van der Waals surface area contributed by atoms with Gasteiger partial charge in [-0.25, -0.2) is 9.59 Å². The number of rotatable bonds is 5. The fraction of sp³-hybridized carbons (Fsp3) is 0.600. The summed E-state index contributed by atoms with van der Waals surface area (Å²) < 4.78 is 0. The van der Waals surface area contributed by atoms with Crippen LogP contribution in [0.3, 0.4) is 0 Å². The number of urea groups is 1. The number of carboxylic acid groups (broad SMARTS) is 2. The number of nitrogens with zero attached hydrogens (tertiary/aromatic N) is 1. The van der Waals surface area contributed by atoms with Gasteiger partial charge in [0.2, 0.25) is 5.91 Å².